The molecule has 0 radical (unpaired) electrons. The number of fused-ring (bicyclic) bond motifs is 1. The number of carbonyl (C=O) groups excluding carboxylic acids is 3. The van der Waals surface area contributed by atoms with Gasteiger partial charge in [-0.1, -0.05) is 12.8 Å². The van der Waals surface area contributed by atoms with Crippen LogP contribution in [-0.4, -0.2) is 120 Å². The summed E-state index contributed by atoms with van der Waals surface area (Å²) in [5.41, 5.74) is 2.04. The maximum atomic E-state index is 13.5. The fourth-order valence-corrected chi connectivity index (χ4v) is 6.48. The molecule has 50 heavy (non-hydrogen) atoms. The molecule has 5 rings (SSSR count). The summed E-state index contributed by atoms with van der Waals surface area (Å²) in [6.07, 6.45) is 7.30. The fourth-order valence-electron chi connectivity index (χ4n) is 6.39. The SMILES string of the molecule is CC(=O)c1c(C)c2cnc(Nc3ccc(N4CCN(CC(=O)NCCOCCOCCNC(=O)CCl)CC4)cn3)nc2n(C2CCCC2)c1=O. The van der Waals surface area contributed by atoms with Crippen molar-refractivity contribution in [3.8, 4) is 0 Å². The molecule has 270 valence electrons. The number of Topliss-reactive ketones (excluding diaryl/α,β-unsaturated/α-hetero) is 1. The number of halogens is 1. The van der Waals surface area contributed by atoms with E-state index in [0.29, 0.717) is 74.4 Å². The van der Waals surface area contributed by atoms with Gasteiger partial charge >= 0.3 is 0 Å². The number of amides is 2. The molecule has 2 amide bonds. The number of nitrogens with one attached hydrogen (secondary N) is 3. The predicted molar refractivity (Wildman–Crippen MR) is 191 cm³/mol. The number of aryl methyl sites for hydroxylation is 1. The van der Waals surface area contributed by atoms with E-state index in [1.54, 1.807) is 23.9 Å². The highest BCUT2D eigenvalue weighted by Crippen LogP contribution is 2.32. The monoisotopic (exact) mass is 711 g/mol. The minimum atomic E-state index is -0.282. The van der Waals surface area contributed by atoms with Crippen molar-refractivity contribution in [1.29, 1.82) is 0 Å². The summed E-state index contributed by atoms with van der Waals surface area (Å²) < 4.78 is 12.5. The number of hydrogen-bond donors (Lipinski definition) is 3. The quantitative estimate of drug-likeness (QED) is 0.106. The van der Waals surface area contributed by atoms with Crippen molar-refractivity contribution in [3.05, 3.63) is 46.0 Å². The first-order valence-electron chi connectivity index (χ1n) is 17.1. The molecule has 16 heteroatoms. The van der Waals surface area contributed by atoms with Crippen LogP contribution >= 0.6 is 11.6 Å². The van der Waals surface area contributed by atoms with Gasteiger partial charge in [-0.05, 0) is 44.4 Å². The second-order valence-corrected chi connectivity index (χ2v) is 12.7. The van der Waals surface area contributed by atoms with Crippen LogP contribution in [0, 0.1) is 6.92 Å². The van der Waals surface area contributed by atoms with Gasteiger partial charge in [-0.25, -0.2) is 9.97 Å². The second-order valence-electron chi connectivity index (χ2n) is 12.4. The van der Waals surface area contributed by atoms with Crippen molar-refractivity contribution in [3.63, 3.8) is 0 Å². The van der Waals surface area contributed by atoms with Gasteiger partial charge in [0.05, 0.1) is 50.4 Å². The number of nitrogens with zero attached hydrogens (tertiary/aromatic N) is 6. The number of piperazine rings is 1. The zero-order valence-electron chi connectivity index (χ0n) is 28.7. The number of anilines is 3. The van der Waals surface area contributed by atoms with Gasteiger partial charge in [0.25, 0.3) is 5.56 Å². The number of aromatic nitrogens is 4. The molecule has 0 atom stereocenters. The molecule has 0 aromatic carbocycles. The number of carbonyl (C=O) groups is 3. The van der Waals surface area contributed by atoms with Crippen LogP contribution in [-0.2, 0) is 19.1 Å². The predicted octanol–water partition coefficient (Wildman–Crippen LogP) is 2.18. The van der Waals surface area contributed by atoms with Crippen molar-refractivity contribution in [2.75, 3.05) is 88.3 Å². The Labute approximate surface area is 296 Å². The third-order valence-electron chi connectivity index (χ3n) is 8.97. The normalized spacial score (nSPS) is 15.4. The standard InChI is InChI=1S/C34H46ClN9O6/c1-23-27-21-39-34(41-32(27)44(25-5-3-4-6-25)33(48)31(23)24(2)45)40-28-8-7-26(20-38-28)43-13-11-42(12-14-43)22-30(47)37-10-16-50-18-17-49-15-9-36-29(46)19-35/h7-8,20-21,25H,3-6,9-19,22H2,1-2H3,(H,36,46)(H,37,47)(H,38,39,40,41). The lowest BCUT2D eigenvalue weighted by atomic mass is 10.0. The van der Waals surface area contributed by atoms with E-state index in [-0.39, 0.29) is 40.6 Å². The zero-order valence-corrected chi connectivity index (χ0v) is 29.5. The molecule has 1 aliphatic heterocycles. The summed E-state index contributed by atoms with van der Waals surface area (Å²) in [6, 6.07) is 3.86. The lowest BCUT2D eigenvalue weighted by Crippen LogP contribution is -2.49. The molecular weight excluding hydrogens is 666 g/mol. The Morgan fingerprint density at radius 1 is 0.920 bits per heavy atom. The van der Waals surface area contributed by atoms with Gasteiger partial charge in [-0.3, -0.25) is 28.6 Å². The van der Waals surface area contributed by atoms with Crippen LogP contribution < -0.4 is 26.4 Å². The van der Waals surface area contributed by atoms with E-state index in [0.717, 1.165) is 57.5 Å². The van der Waals surface area contributed by atoms with E-state index in [1.807, 2.05) is 12.1 Å². The Bertz CT molecular complexity index is 1690. The van der Waals surface area contributed by atoms with Crippen LogP contribution in [0.2, 0.25) is 0 Å². The molecular formula is C34H46ClN9O6. The molecule has 1 saturated heterocycles. The summed E-state index contributed by atoms with van der Waals surface area (Å²) in [6.45, 7) is 8.92. The molecule has 2 aliphatic rings. The zero-order chi connectivity index (χ0) is 35.5. The molecule has 3 aromatic heterocycles. The third-order valence-corrected chi connectivity index (χ3v) is 9.22. The van der Waals surface area contributed by atoms with Crippen molar-refractivity contribution < 1.29 is 23.9 Å². The molecule has 2 fully saturated rings. The Balaban J connectivity index is 1.06. The average molecular weight is 712 g/mol. The van der Waals surface area contributed by atoms with E-state index < -0.39 is 0 Å². The van der Waals surface area contributed by atoms with Gasteiger partial charge in [-0.2, -0.15) is 4.98 Å². The van der Waals surface area contributed by atoms with Crippen molar-refractivity contribution in [1.82, 2.24) is 35.1 Å². The van der Waals surface area contributed by atoms with Crippen molar-refractivity contribution in [2.45, 2.75) is 45.6 Å². The number of ether oxygens (including phenoxy) is 2. The van der Waals surface area contributed by atoms with E-state index in [2.05, 4.69) is 35.7 Å². The largest absolute Gasteiger partial charge is 0.377 e. The van der Waals surface area contributed by atoms with Gasteiger partial charge < -0.3 is 30.3 Å². The minimum absolute atomic E-state index is 0.00577. The van der Waals surface area contributed by atoms with Crippen LogP contribution in [0.1, 0.15) is 54.6 Å². The van der Waals surface area contributed by atoms with Gasteiger partial charge in [-0.15, -0.1) is 11.6 Å². The Hall–Kier alpha value is -4.18. The van der Waals surface area contributed by atoms with Crippen LogP contribution in [0.4, 0.5) is 17.5 Å². The number of alkyl halides is 1. The van der Waals surface area contributed by atoms with Crippen LogP contribution in [0.15, 0.2) is 29.3 Å². The summed E-state index contributed by atoms with van der Waals surface area (Å²) in [5, 5.41) is 9.38. The number of pyridine rings is 2. The topological polar surface area (TPSA) is 173 Å². The molecule has 1 aliphatic carbocycles. The number of hydrogen-bond acceptors (Lipinski definition) is 12. The average Bonchev–Trinajstić information content (AvgIpc) is 3.64. The smallest absolute Gasteiger partial charge is 0.263 e. The van der Waals surface area contributed by atoms with Gasteiger partial charge in [0.15, 0.2) is 5.78 Å². The Morgan fingerprint density at radius 3 is 2.22 bits per heavy atom. The maximum Gasteiger partial charge on any atom is 0.263 e. The van der Waals surface area contributed by atoms with E-state index in [4.69, 9.17) is 26.1 Å². The molecule has 1 saturated carbocycles. The summed E-state index contributed by atoms with van der Waals surface area (Å²) in [7, 11) is 0. The minimum Gasteiger partial charge on any atom is -0.377 e. The highest BCUT2D eigenvalue weighted by atomic mass is 35.5. The maximum absolute atomic E-state index is 13.5. The number of ketones is 1. The van der Waals surface area contributed by atoms with E-state index >= 15 is 0 Å². The van der Waals surface area contributed by atoms with Crippen LogP contribution in [0.25, 0.3) is 11.0 Å². The molecule has 0 bridgehead atoms. The fraction of sp³-hybridized carbons (Fsp3) is 0.559. The summed E-state index contributed by atoms with van der Waals surface area (Å²) in [4.78, 5) is 67.5. The van der Waals surface area contributed by atoms with Crippen LogP contribution in [0.3, 0.4) is 0 Å². The molecule has 0 spiro atoms. The molecule has 3 aromatic rings. The first-order valence-corrected chi connectivity index (χ1v) is 17.7. The molecule has 3 N–H and O–H groups in total. The number of rotatable bonds is 17. The first-order chi connectivity index (χ1) is 24.2. The molecule has 15 nitrogen and oxygen atoms in total. The Kier molecular flexibility index (Phi) is 13.5. The van der Waals surface area contributed by atoms with E-state index in [1.165, 1.54) is 6.92 Å². The van der Waals surface area contributed by atoms with Crippen molar-refractivity contribution in [2.24, 2.45) is 0 Å². The summed E-state index contributed by atoms with van der Waals surface area (Å²) in [5.74, 6) is 0.305. The summed E-state index contributed by atoms with van der Waals surface area (Å²) >= 11 is 5.41. The second kappa shape index (κ2) is 18.2. The third kappa shape index (κ3) is 9.74. The van der Waals surface area contributed by atoms with E-state index in [9.17, 15) is 19.2 Å². The van der Waals surface area contributed by atoms with Gasteiger partial charge in [0, 0.05) is 56.9 Å². The lowest BCUT2D eigenvalue weighted by Gasteiger charge is -2.35. The van der Waals surface area contributed by atoms with Crippen molar-refractivity contribution >= 4 is 57.7 Å². The Morgan fingerprint density at radius 2 is 1.60 bits per heavy atom. The highest BCUT2D eigenvalue weighted by molar-refractivity contribution is 6.27. The molecule has 0 unspecified atom stereocenters. The van der Waals surface area contributed by atoms with Gasteiger partial charge in [0.2, 0.25) is 17.8 Å². The lowest BCUT2D eigenvalue weighted by molar-refractivity contribution is -0.122. The molecule has 4 heterocycles. The first kappa shape index (κ1) is 37.1. The highest BCUT2D eigenvalue weighted by Gasteiger charge is 2.26. The van der Waals surface area contributed by atoms with Gasteiger partial charge in [0.1, 0.15) is 17.3 Å². The van der Waals surface area contributed by atoms with Crippen LogP contribution in [0.5, 0.6) is 0 Å².